The van der Waals surface area contributed by atoms with Crippen LogP contribution in [0.3, 0.4) is 0 Å². The Kier molecular flexibility index (Phi) is 3.63. The van der Waals surface area contributed by atoms with E-state index in [0.717, 1.165) is 37.8 Å². The maximum atomic E-state index is 12.7. The number of benzene rings is 1. The summed E-state index contributed by atoms with van der Waals surface area (Å²) in [4.78, 5) is 0.596. The van der Waals surface area contributed by atoms with Gasteiger partial charge in [-0.1, -0.05) is 19.9 Å². The van der Waals surface area contributed by atoms with Crippen LogP contribution in [0.1, 0.15) is 55.8 Å². The predicted octanol–water partition coefficient (Wildman–Crippen LogP) is 2.78. The highest BCUT2D eigenvalue weighted by molar-refractivity contribution is 7.92. The van der Waals surface area contributed by atoms with Crippen molar-refractivity contribution in [2.24, 2.45) is 0 Å². The first-order valence-corrected chi connectivity index (χ1v) is 9.27. The Morgan fingerprint density at radius 3 is 2.55 bits per heavy atom. The lowest BCUT2D eigenvalue weighted by molar-refractivity contribution is 0.492. The lowest BCUT2D eigenvalue weighted by Crippen LogP contribution is -2.31. The number of hydrogen-bond acceptors (Lipinski definition) is 3. The van der Waals surface area contributed by atoms with Crippen molar-refractivity contribution in [2.45, 2.75) is 62.1 Å². The largest absolute Gasteiger partial charge is 0.309 e. The number of aryl methyl sites for hydroxylation is 2. The Bertz CT molecular complexity index is 622. The van der Waals surface area contributed by atoms with E-state index in [9.17, 15) is 8.42 Å². The summed E-state index contributed by atoms with van der Waals surface area (Å²) < 4.78 is 25.5. The molecule has 3 rings (SSSR count). The Labute approximate surface area is 121 Å². The van der Waals surface area contributed by atoms with Crippen LogP contribution in [0.5, 0.6) is 0 Å². The maximum absolute atomic E-state index is 12.7. The van der Waals surface area contributed by atoms with Crippen molar-refractivity contribution in [3.05, 3.63) is 28.8 Å². The van der Waals surface area contributed by atoms with Gasteiger partial charge in [-0.25, -0.2) is 8.42 Å². The zero-order valence-electron chi connectivity index (χ0n) is 12.3. The van der Waals surface area contributed by atoms with Gasteiger partial charge >= 0.3 is 0 Å². The van der Waals surface area contributed by atoms with E-state index in [1.165, 1.54) is 11.1 Å². The average Bonchev–Trinajstić information content (AvgIpc) is 2.95. The van der Waals surface area contributed by atoms with Crippen molar-refractivity contribution in [3.8, 4) is 0 Å². The normalized spacial score (nSPS) is 26.5. The second-order valence-corrected chi connectivity index (χ2v) is 8.07. The molecule has 3 nitrogen and oxygen atoms in total. The molecule has 20 heavy (non-hydrogen) atoms. The fraction of sp³-hybridized carbons (Fsp3) is 0.625. The molecule has 1 aromatic carbocycles. The average molecular weight is 293 g/mol. The van der Waals surface area contributed by atoms with E-state index in [2.05, 4.69) is 18.3 Å². The molecule has 4 heteroatoms. The molecule has 1 aromatic rings. The molecular formula is C16H23NO2S. The lowest BCUT2D eigenvalue weighted by Gasteiger charge is -2.19. The van der Waals surface area contributed by atoms with Crippen molar-refractivity contribution in [1.29, 1.82) is 0 Å². The standard InChI is InChI=1S/C16H23NO2S/c1-3-8-17-16-13-9-11-6-5-7-12(11)10-15(13)20(18,19)14(16)4-2/h9-10,14,16-17H,3-8H2,1-2H3. The van der Waals surface area contributed by atoms with Gasteiger partial charge in [0.1, 0.15) is 0 Å². The Morgan fingerprint density at radius 1 is 1.20 bits per heavy atom. The highest BCUT2D eigenvalue weighted by atomic mass is 32.2. The fourth-order valence-corrected chi connectivity index (χ4v) is 5.84. The summed E-state index contributed by atoms with van der Waals surface area (Å²) in [6.07, 6.45) is 4.97. The molecule has 0 spiro atoms. The van der Waals surface area contributed by atoms with Gasteiger partial charge in [0.2, 0.25) is 0 Å². The molecule has 0 amide bonds. The Balaban J connectivity index is 2.11. The van der Waals surface area contributed by atoms with Crippen LogP contribution in [-0.2, 0) is 22.7 Å². The highest BCUT2D eigenvalue weighted by Gasteiger charge is 2.44. The van der Waals surface area contributed by atoms with Crippen LogP contribution in [0.25, 0.3) is 0 Å². The summed E-state index contributed by atoms with van der Waals surface area (Å²) in [7, 11) is -3.16. The van der Waals surface area contributed by atoms with E-state index < -0.39 is 9.84 Å². The SMILES string of the molecule is CCCNC1c2cc3c(cc2S(=O)(=O)C1CC)CCC3. The minimum Gasteiger partial charge on any atom is -0.309 e. The second-order valence-electron chi connectivity index (χ2n) is 5.94. The number of hydrogen-bond donors (Lipinski definition) is 1. The quantitative estimate of drug-likeness (QED) is 0.928. The summed E-state index contributed by atoms with van der Waals surface area (Å²) in [6.45, 7) is 4.95. The summed E-state index contributed by atoms with van der Waals surface area (Å²) in [5, 5.41) is 3.16. The van der Waals surface area contributed by atoms with Gasteiger partial charge in [0.05, 0.1) is 16.2 Å². The maximum Gasteiger partial charge on any atom is 0.183 e. The molecule has 0 bridgehead atoms. The van der Waals surface area contributed by atoms with Gasteiger partial charge in [0, 0.05) is 0 Å². The van der Waals surface area contributed by atoms with E-state index in [-0.39, 0.29) is 11.3 Å². The molecule has 2 atom stereocenters. The third kappa shape index (κ3) is 2.01. The first kappa shape index (κ1) is 14.1. The van der Waals surface area contributed by atoms with E-state index in [0.29, 0.717) is 11.3 Å². The molecule has 2 unspecified atom stereocenters. The summed E-state index contributed by atoms with van der Waals surface area (Å²) in [6, 6.07) is 4.10. The predicted molar refractivity (Wildman–Crippen MR) is 80.8 cm³/mol. The molecule has 1 aliphatic heterocycles. The third-order valence-electron chi connectivity index (χ3n) is 4.65. The Morgan fingerprint density at radius 2 is 1.90 bits per heavy atom. The monoisotopic (exact) mass is 293 g/mol. The molecule has 0 fully saturated rings. The number of nitrogens with one attached hydrogen (secondary N) is 1. The molecular weight excluding hydrogens is 270 g/mol. The van der Waals surface area contributed by atoms with Crippen molar-refractivity contribution < 1.29 is 8.42 Å². The van der Waals surface area contributed by atoms with Gasteiger partial charge in [0.15, 0.2) is 9.84 Å². The smallest absolute Gasteiger partial charge is 0.183 e. The van der Waals surface area contributed by atoms with Gasteiger partial charge in [-0.15, -0.1) is 0 Å². The van der Waals surface area contributed by atoms with Crippen LogP contribution in [0.2, 0.25) is 0 Å². The van der Waals surface area contributed by atoms with Crippen molar-refractivity contribution in [1.82, 2.24) is 5.32 Å². The fourth-order valence-electron chi connectivity index (χ4n) is 3.65. The summed E-state index contributed by atoms with van der Waals surface area (Å²) in [5.41, 5.74) is 3.63. The van der Waals surface area contributed by atoms with Crippen LogP contribution >= 0.6 is 0 Å². The van der Waals surface area contributed by atoms with Crippen LogP contribution in [0, 0.1) is 0 Å². The van der Waals surface area contributed by atoms with Gasteiger partial charge in [0.25, 0.3) is 0 Å². The molecule has 0 saturated heterocycles. The minimum absolute atomic E-state index is 0.0224. The molecule has 0 saturated carbocycles. The van der Waals surface area contributed by atoms with Crippen LogP contribution in [0.15, 0.2) is 17.0 Å². The third-order valence-corrected chi connectivity index (χ3v) is 7.02. The first-order chi connectivity index (χ1) is 9.59. The molecule has 110 valence electrons. The molecule has 1 N–H and O–H groups in total. The van der Waals surface area contributed by atoms with Crippen molar-refractivity contribution in [3.63, 3.8) is 0 Å². The number of fused-ring (bicyclic) bond motifs is 2. The number of rotatable bonds is 4. The van der Waals surface area contributed by atoms with Crippen molar-refractivity contribution >= 4 is 9.84 Å². The van der Waals surface area contributed by atoms with E-state index in [4.69, 9.17) is 0 Å². The van der Waals surface area contributed by atoms with Crippen LogP contribution < -0.4 is 5.32 Å². The highest BCUT2D eigenvalue weighted by Crippen LogP contribution is 2.43. The second kappa shape index (κ2) is 5.15. The van der Waals surface area contributed by atoms with E-state index >= 15 is 0 Å². The van der Waals surface area contributed by atoms with E-state index in [1.54, 1.807) is 0 Å². The molecule has 1 heterocycles. The van der Waals surface area contributed by atoms with Gasteiger partial charge in [-0.3, -0.25) is 0 Å². The minimum atomic E-state index is -3.16. The summed E-state index contributed by atoms with van der Waals surface area (Å²) >= 11 is 0. The van der Waals surface area contributed by atoms with Gasteiger partial charge in [-0.2, -0.15) is 0 Å². The molecule has 0 radical (unpaired) electrons. The van der Waals surface area contributed by atoms with Crippen molar-refractivity contribution in [2.75, 3.05) is 6.54 Å². The first-order valence-electron chi connectivity index (χ1n) is 7.72. The molecule has 1 aliphatic carbocycles. The van der Waals surface area contributed by atoms with Gasteiger partial charge in [-0.05, 0) is 61.4 Å². The molecule has 2 aliphatic rings. The Hall–Kier alpha value is -0.870. The molecule has 0 aromatic heterocycles. The summed E-state index contributed by atoms with van der Waals surface area (Å²) in [5.74, 6) is 0. The van der Waals surface area contributed by atoms with E-state index in [1.807, 2.05) is 13.0 Å². The van der Waals surface area contributed by atoms with Crippen LogP contribution in [-0.4, -0.2) is 20.2 Å². The number of sulfone groups is 1. The topological polar surface area (TPSA) is 46.2 Å². The zero-order valence-corrected chi connectivity index (χ0v) is 13.1. The lowest BCUT2D eigenvalue weighted by atomic mass is 9.98. The zero-order chi connectivity index (χ0) is 14.3. The van der Waals surface area contributed by atoms with Crippen LogP contribution in [0.4, 0.5) is 0 Å². The van der Waals surface area contributed by atoms with Gasteiger partial charge < -0.3 is 5.32 Å².